The lowest BCUT2D eigenvalue weighted by Crippen LogP contribution is -2.30. The van der Waals surface area contributed by atoms with E-state index in [0.29, 0.717) is 18.5 Å². The van der Waals surface area contributed by atoms with Crippen LogP contribution < -0.4 is 10.6 Å². The van der Waals surface area contributed by atoms with E-state index in [1.165, 1.54) is 0 Å². The van der Waals surface area contributed by atoms with E-state index in [-0.39, 0.29) is 11.9 Å². The van der Waals surface area contributed by atoms with Gasteiger partial charge in [0.05, 0.1) is 6.10 Å². The summed E-state index contributed by atoms with van der Waals surface area (Å²) in [5.41, 5.74) is 1.12. The third-order valence-electron chi connectivity index (χ3n) is 3.50. The van der Waals surface area contributed by atoms with Gasteiger partial charge in [-0.05, 0) is 25.8 Å². The Kier molecular flexibility index (Phi) is 5.93. The molecule has 7 heteroatoms. The van der Waals surface area contributed by atoms with Gasteiger partial charge in [-0.25, -0.2) is 4.79 Å². The van der Waals surface area contributed by atoms with Gasteiger partial charge in [0.25, 0.3) is 0 Å². The first-order valence-corrected chi connectivity index (χ1v) is 7.78. The Morgan fingerprint density at radius 3 is 2.71 bits per heavy atom. The molecule has 1 heterocycles. The molecule has 1 atom stereocenters. The molecule has 24 heavy (non-hydrogen) atoms. The maximum Gasteiger partial charge on any atom is 0.320 e. The largest absolute Gasteiger partial charge is 0.388 e. The van der Waals surface area contributed by atoms with E-state index in [4.69, 9.17) is 5.26 Å². The number of nitriles is 1. The highest BCUT2D eigenvalue weighted by atomic mass is 16.3. The molecule has 0 spiro atoms. The van der Waals surface area contributed by atoms with Gasteiger partial charge in [-0.2, -0.15) is 10.4 Å². The number of carbonyl (C=O) groups is 1. The summed E-state index contributed by atoms with van der Waals surface area (Å²) in [7, 11) is 0. The zero-order valence-electron chi connectivity index (χ0n) is 13.7. The number of rotatable bonds is 6. The van der Waals surface area contributed by atoms with Crippen LogP contribution in [0.5, 0.6) is 0 Å². The number of aliphatic hydroxyl groups excluding tert-OH is 1. The van der Waals surface area contributed by atoms with Crippen molar-refractivity contribution in [2.75, 3.05) is 11.9 Å². The Labute approximate surface area is 140 Å². The molecule has 2 aromatic rings. The highest BCUT2D eigenvalue weighted by molar-refractivity contribution is 5.89. The Bertz CT molecular complexity index is 718. The quantitative estimate of drug-likeness (QED) is 0.758. The second-order valence-corrected chi connectivity index (χ2v) is 5.67. The van der Waals surface area contributed by atoms with Crippen molar-refractivity contribution >= 4 is 11.8 Å². The van der Waals surface area contributed by atoms with Crippen LogP contribution >= 0.6 is 0 Å². The predicted molar refractivity (Wildman–Crippen MR) is 90.4 cm³/mol. The normalized spacial score (nSPS) is 11.8. The lowest BCUT2D eigenvalue weighted by Gasteiger charge is -2.11. The van der Waals surface area contributed by atoms with Crippen molar-refractivity contribution in [1.29, 1.82) is 5.26 Å². The summed E-state index contributed by atoms with van der Waals surface area (Å²) < 4.78 is 1.62. The molecular weight excluding hydrogens is 306 g/mol. The minimum absolute atomic E-state index is 0.0942. The van der Waals surface area contributed by atoms with E-state index < -0.39 is 12.1 Å². The lowest BCUT2D eigenvalue weighted by molar-refractivity contribution is 0.167. The van der Waals surface area contributed by atoms with E-state index >= 15 is 0 Å². The summed E-state index contributed by atoms with van der Waals surface area (Å²) in [6.45, 7) is 4.17. The van der Waals surface area contributed by atoms with E-state index in [1.54, 1.807) is 10.9 Å². The van der Waals surface area contributed by atoms with Gasteiger partial charge < -0.3 is 10.4 Å². The number of hydrogen-bond acceptors (Lipinski definition) is 4. The molecule has 3 N–H and O–H groups in total. The molecule has 0 fully saturated rings. The van der Waals surface area contributed by atoms with Gasteiger partial charge in [0.2, 0.25) is 0 Å². The predicted octanol–water partition coefficient (Wildman–Crippen LogP) is 2.58. The summed E-state index contributed by atoms with van der Waals surface area (Å²) in [6.07, 6.45) is 1.35. The van der Waals surface area contributed by atoms with Gasteiger partial charge >= 0.3 is 6.03 Å². The number of carbonyl (C=O) groups excluding carboxylic acids is 1. The second-order valence-electron chi connectivity index (χ2n) is 5.67. The number of aromatic nitrogens is 2. The minimum atomic E-state index is -0.638. The fourth-order valence-electron chi connectivity index (χ4n) is 2.15. The van der Waals surface area contributed by atoms with Crippen LogP contribution in [0.2, 0.25) is 0 Å². The van der Waals surface area contributed by atoms with Crippen molar-refractivity contribution in [2.45, 2.75) is 32.4 Å². The molecule has 0 radical (unpaired) electrons. The molecule has 1 unspecified atom stereocenters. The molecule has 1 aromatic heterocycles. The van der Waals surface area contributed by atoms with Gasteiger partial charge in [0.15, 0.2) is 5.82 Å². The molecule has 126 valence electrons. The first-order chi connectivity index (χ1) is 11.5. The number of benzene rings is 1. The maximum absolute atomic E-state index is 11.9. The van der Waals surface area contributed by atoms with Crippen LogP contribution in [0.1, 0.15) is 43.5 Å². The maximum atomic E-state index is 11.9. The Balaban J connectivity index is 1.85. The summed E-state index contributed by atoms with van der Waals surface area (Å²) >= 11 is 0. The molecule has 0 bridgehead atoms. The third-order valence-corrected chi connectivity index (χ3v) is 3.50. The Morgan fingerprint density at radius 1 is 1.38 bits per heavy atom. The number of urea groups is 1. The van der Waals surface area contributed by atoms with Gasteiger partial charge in [-0.3, -0.25) is 10.00 Å². The summed E-state index contributed by atoms with van der Waals surface area (Å²) in [5, 5.41) is 28.5. The molecule has 2 rings (SSSR count). The first-order valence-electron chi connectivity index (χ1n) is 7.78. The second kappa shape index (κ2) is 8.13. The first kappa shape index (κ1) is 17.5. The number of aliphatic hydroxyl groups is 1. The summed E-state index contributed by atoms with van der Waals surface area (Å²) in [5.74, 6) is 0.229. The zero-order valence-corrected chi connectivity index (χ0v) is 13.7. The number of hydrogen-bond donors (Lipinski definition) is 3. The van der Waals surface area contributed by atoms with Gasteiger partial charge in [-0.1, -0.05) is 30.3 Å². The Morgan fingerprint density at radius 2 is 2.08 bits per heavy atom. The van der Waals surface area contributed by atoms with Crippen molar-refractivity contribution in [3.63, 3.8) is 0 Å². The van der Waals surface area contributed by atoms with Crippen LogP contribution in [0.25, 0.3) is 0 Å². The van der Waals surface area contributed by atoms with Crippen molar-refractivity contribution in [2.24, 2.45) is 0 Å². The average Bonchev–Trinajstić information content (AvgIpc) is 2.98. The van der Waals surface area contributed by atoms with Crippen LogP contribution in [0, 0.1) is 11.3 Å². The minimum Gasteiger partial charge on any atom is -0.388 e. The molecule has 7 nitrogen and oxygen atoms in total. The molecule has 0 aliphatic rings. The Hall–Kier alpha value is -2.85. The SMILES string of the molecule is CC(C)n1cc(C#N)c(NC(=O)NCCC(O)c2ccccc2)n1. The molecule has 0 aliphatic carbocycles. The zero-order chi connectivity index (χ0) is 17.5. The smallest absolute Gasteiger partial charge is 0.320 e. The van der Waals surface area contributed by atoms with E-state index in [9.17, 15) is 9.90 Å². The highest BCUT2D eigenvalue weighted by Crippen LogP contribution is 2.16. The fourth-order valence-corrected chi connectivity index (χ4v) is 2.15. The van der Waals surface area contributed by atoms with Crippen molar-refractivity contribution < 1.29 is 9.90 Å². The summed E-state index contributed by atoms with van der Waals surface area (Å²) in [6, 6.07) is 10.9. The van der Waals surface area contributed by atoms with Crippen LogP contribution in [-0.2, 0) is 0 Å². The van der Waals surface area contributed by atoms with E-state index in [1.807, 2.05) is 50.2 Å². The van der Waals surface area contributed by atoms with E-state index in [0.717, 1.165) is 5.56 Å². The monoisotopic (exact) mass is 327 g/mol. The molecule has 0 saturated heterocycles. The van der Waals surface area contributed by atoms with Crippen LogP contribution in [-0.4, -0.2) is 27.5 Å². The fraction of sp³-hybridized carbons (Fsp3) is 0.353. The molecule has 1 aromatic carbocycles. The lowest BCUT2D eigenvalue weighted by atomic mass is 10.1. The molecule has 0 aliphatic heterocycles. The third kappa shape index (κ3) is 4.57. The standard InChI is InChI=1S/C17H21N5O2/c1-12(2)22-11-14(10-18)16(21-22)20-17(24)19-9-8-15(23)13-6-4-3-5-7-13/h3-7,11-12,15,23H,8-9H2,1-2H3,(H2,19,20,21,24). The molecular formula is C17H21N5O2. The van der Waals surface area contributed by atoms with Crippen molar-refractivity contribution in [1.82, 2.24) is 15.1 Å². The molecule has 2 amide bonds. The van der Waals surface area contributed by atoms with Crippen LogP contribution in [0.4, 0.5) is 10.6 Å². The van der Waals surface area contributed by atoms with Crippen LogP contribution in [0.3, 0.4) is 0 Å². The highest BCUT2D eigenvalue weighted by Gasteiger charge is 2.13. The van der Waals surface area contributed by atoms with E-state index in [2.05, 4.69) is 15.7 Å². The number of anilines is 1. The van der Waals surface area contributed by atoms with Crippen molar-refractivity contribution in [3.8, 4) is 6.07 Å². The number of nitrogens with one attached hydrogen (secondary N) is 2. The van der Waals surface area contributed by atoms with Gasteiger partial charge in [0.1, 0.15) is 11.6 Å². The summed E-state index contributed by atoms with van der Waals surface area (Å²) in [4.78, 5) is 11.9. The van der Waals surface area contributed by atoms with Gasteiger partial charge in [0, 0.05) is 18.8 Å². The van der Waals surface area contributed by atoms with Crippen molar-refractivity contribution in [3.05, 3.63) is 47.7 Å². The average molecular weight is 327 g/mol. The number of nitrogens with zero attached hydrogens (tertiary/aromatic N) is 3. The topological polar surface area (TPSA) is 103 Å². The van der Waals surface area contributed by atoms with Crippen LogP contribution in [0.15, 0.2) is 36.5 Å². The molecule has 0 saturated carbocycles. The number of amides is 2. The van der Waals surface area contributed by atoms with Gasteiger partial charge in [-0.15, -0.1) is 0 Å².